The van der Waals surface area contributed by atoms with Crippen LogP contribution in [0.5, 0.6) is 0 Å². The Hall–Kier alpha value is -1.86. The Morgan fingerprint density at radius 2 is 2.19 bits per heavy atom. The number of nitrogens with two attached hydrogens (primary N) is 1. The lowest BCUT2D eigenvalue weighted by molar-refractivity contribution is -0.122. The third-order valence-electron chi connectivity index (χ3n) is 3.04. The minimum absolute atomic E-state index is 0.160. The summed E-state index contributed by atoms with van der Waals surface area (Å²) in [6.45, 7) is 0.306. The molecule has 0 saturated carbocycles. The lowest BCUT2D eigenvalue weighted by Crippen LogP contribution is -2.40. The summed E-state index contributed by atoms with van der Waals surface area (Å²) >= 11 is 1.68. The predicted octanol–water partition coefficient (Wildman–Crippen LogP) is 0.964. The van der Waals surface area contributed by atoms with Crippen molar-refractivity contribution in [2.75, 3.05) is 12.0 Å². The van der Waals surface area contributed by atoms with Crippen molar-refractivity contribution in [3.05, 3.63) is 42.5 Å². The van der Waals surface area contributed by atoms with Crippen LogP contribution in [0.2, 0.25) is 0 Å². The number of thioether (sulfide) groups is 1. The van der Waals surface area contributed by atoms with Crippen LogP contribution in [-0.4, -0.2) is 38.7 Å². The summed E-state index contributed by atoms with van der Waals surface area (Å²) in [4.78, 5) is 11.9. The first-order valence-corrected chi connectivity index (χ1v) is 8.08. The molecule has 3 N–H and O–H groups in total. The van der Waals surface area contributed by atoms with Gasteiger partial charge in [-0.1, -0.05) is 18.2 Å². The second-order valence-corrected chi connectivity index (χ2v) is 5.54. The summed E-state index contributed by atoms with van der Waals surface area (Å²) in [5.41, 5.74) is 6.78. The van der Waals surface area contributed by atoms with Crippen LogP contribution in [0.1, 0.15) is 12.2 Å². The number of nitrogens with one attached hydrogen (secondary N) is 1. The van der Waals surface area contributed by atoms with Gasteiger partial charge in [0.05, 0.1) is 12.6 Å². The first-order chi connectivity index (χ1) is 10.2. The van der Waals surface area contributed by atoms with Crippen LogP contribution in [-0.2, 0) is 11.3 Å². The lowest BCUT2D eigenvalue weighted by atomic mass is 10.2. The Morgan fingerprint density at radius 1 is 1.43 bits per heavy atom. The fourth-order valence-electron chi connectivity index (χ4n) is 1.86. The van der Waals surface area contributed by atoms with Gasteiger partial charge in [-0.2, -0.15) is 11.8 Å². The Balaban J connectivity index is 1.96. The smallest absolute Gasteiger partial charge is 0.237 e. The normalized spacial score (nSPS) is 12.1. The minimum Gasteiger partial charge on any atom is -0.347 e. The largest absolute Gasteiger partial charge is 0.347 e. The maximum atomic E-state index is 11.9. The zero-order valence-corrected chi connectivity index (χ0v) is 12.7. The van der Waals surface area contributed by atoms with Gasteiger partial charge in [-0.25, -0.2) is 0 Å². The van der Waals surface area contributed by atoms with Crippen LogP contribution in [0, 0.1) is 0 Å². The topological polar surface area (TPSA) is 85.8 Å². The third kappa shape index (κ3) is 4.30. The van der Waals surface area contributed by atoms with E-state index in [1.54, 1.807) is 18.1 Å². The van der Waals surface area contributed by atoms with Crippen molar-refractivity contribution in [3.8, 4) is 5.69 Å². The SMILES string of the molecule is CSCCC(N)C(=O)NCc1nncn1-c1ccccc1. The van der Waals surface area contributed by atoms with Crippen molar-refractivity contribution >= 4 is 17.7 Å². The molecule has 1 heterocycles. The molecule has 0 bridgehead atoms. The highest BCUT2D eigenvalue weighted by Crippen LogP contribution is 2.08. The maximum absolute atomic E-state index is 11.9. The number of carbonyl (C=O) groups excluding carboxylic acids is 1. The van der Waals surface area contributed by atoms with Crippen LogP contribution in [0.25, 0.3) is 5.69 Å². The molecule has 0 aliphatic carbocycles. The van der Waals surface area contributed by atoms with Gasteiger partial charge in [-0.15, -0.1) is 10.2 Å². The van der Waals surface area contributed by atoms with Gasteiger partial charge in [-0.05, 0) is 30.6 Å². The van der Waals surface area contributed by atoms with Crippen LogP contribution in [0.15, 0.2) is 36.7 Å². The van der Waals surface area contributed by atoms with Gasteiger partial charge in [0.1, 0.15) is 6.33 Å². The quantitative estimate of drug-likeness (QED) is 0.796. The number of para-hydroxylation sites is 1. The number of carbonyl (C=O) groups is 1. The highest BCUT2D eigenvalue weighted by atomic mass is 32.2. The molecule has 21 heavy (non-hydrogen) atoms. The van der Waals surface area contributed by atoms with Crippen molar-refractivity contribution in [3.63, 3.8) is 0 Å². The van der Waals surface area contributed by atoms with Crippen LogP contribution >= 0.6 is 11.8 Å². The summed E-state index contributed by atoms with van der Waals surface area (Å²) in [5.74, 6) is 1.38. The highest BCUT2D eigenvalue weighted by molar-refractivity contribution is 7.98. The van der Waals surface area contributed by atoms with Crippen molar-refractivity contribution in [2.24, 2.45) is 5.73 Å². The van der Waals surface area contributed by atoms with Crippen molar-refractivity contribution in [1.82, 2.24) is 20.1 Å². The molecule has 0 saturated heterocycles. The average molecular weight is 305 g/mol. The molecule has 0 radical (unpaired) electrons. The monoisotopic (exact) mass is 305 g/mol. The molecule has 2 aromatic rings. The maximum Gasteiger partial charge on any atom is 0.237 e. The lowest BCUT2D eigenvalue weighted by Gasteiger charge is -2.12. The number of benzene rings is 1. The molecule has 0 fully saturated rings. The number of nitrogens with zero attached hydrogens (tertiary/aromatic N) is 3. The summed E-state index contributed by atoms with van der Waals surface area (Å²) in [6.07, 6.45) is 4.29. The fraction of sp³-hybridized carbons (Fsp3) is 0.357. The number of aromatic nitrogens is 3. The van der Waals surface area contributed by atoms with E-state index in [2.05, 4.69) is 15.5 Å². The molecule has 1 aromatic carbocycles. The molecule has 0 aliphatic heterocycles. The second kappa shape index (κ2) is 7.80. The summed E-state index contributed by atoms with van der Waals surface area (Å²) < 4.78 is 1.84. The molecular weight excluding hydrogens is 286 g/mol. The van der Waals surface area contributed by atoms with E-state index in [-0.39, 0.29) is 5.91 Å². The molecule has 0 spiro atoms. The summed E-state index contributed by atoms with van der Waals surface area (Å²) in [6, 6.07) is 9.26. The Morgan fingerprint density at radius 3 is 2.90 bits per heavy atom. The third-order valence-corrected chi connectivity index (χ3v) is 3.69. The number of hydrogen-bond acceptors (Lipinski definition) is 5. The predicted molar refractivity (Wildman–Crippen MR) is 84.2 cm³/mol. The van der Waals surface area contributed by atoms with Gasteiger partial charge >= 0.3 is 0 Å². The van der Waals surface area contributed by atoms with Gasteiger partial charge in [0, 0.05) is 5.69 Å². The second-order valence-electron chi connectivity index (χ2n) is 4.56. The van der Waals surface area contributed by atoms with Crippen LogP contribution in [0.4, 0.5) is 0 Å². The number of hydrogen-bond donors (Lipinski definition) is 2. The Kier molecular flexibility index (Phi) is 5.77. The molecule has 1 aromatic heterocycles. The van der Waals surface area contributed by atoms with E-state index in [9.17, 15) is 4.79 Å². The summed E-state index contributed by atoms with van der Waals surface area (Å²) in [5, 5.41) is 10.7. The van der Waals surface area contributed by atoms with Crippen LogP contribution in [0.3, 0.4) is 0 Å². The Labute approximate surface area is 128 Å². The zero-order valence-electron chi connectivity index (χ0n) is 11.9. The number of rotatable bonds is 7. The van der Waals surface area contributed by atoms with E-state index >= 15 is 0 Å². The van der Waals surface area contributed by atoms with Gasteiger partial charge in [0.25, 0.3) is 0 Å². The van der Waals surface area contributed by atoms with E-state index in [1.807, 2.05) is 41.2 Å². The van der Waals surface area contributed by atoms with Crippen molar-refractivity contribution in [1.29, 1.82) is 0 Å². The van der Waals surface area contributed by atoms with Crippen molar-refractivity contribution in [2.45, 2.75) is 19.0 Å². The van der Waals surface area contributed by atoms with E-state index in [4.69, 9.17) is 5.73 Å². The standard InChI is InChI=1S/C14H19N5OS/c1-21-8-7-12(15)14(20)16-9-13-18-17-10-19(13)11-5-3-2-4-6-11/h2-6,10,12H,7-9,15H2,1H3,(H,16,20). The van der Waals surface area contributed by atoms with Crippen LogP contribution < -0.4 is 11.1 Å². The minimum atomic E-state index is -0.481. The molecule has 112 valence electrons. The van der Waals surface area contributed by atoms with Gasteiger partial charge in [-0.3, -0.25) is 9.36 Å². The first-order valence-electron chi connectivity index (χ1n) is 6.69. The number of amides is 1. The van der Waals surface area contributed by atoms with E-state index in [1.165, 1.54) is 0 Å². The zero-order chi connectivity index (χ0) is 15.1. The highest BCUT2D eigenvalue weighted by Gasteiger charge is 2.14. The van der Waals surface area contributed by atoms with E-state index in [0.29, 0.717) is 18.8 Å². The fourth-order valence-corrected chi connectivity index (χ4v) is 2.35. The molecule has 7 heteroatoms. The molecule has 1 amide bonds. The molecule has 1 atom stereocenters. The molecular formula is C14H19N5OS. The van der Waals surface area contributed by atoms with E-state index in [0.717, 1.165) is 11.4 Å². The average Bonchev–Trinajstić information content (AvgIpc) is 2.99. The summed E-state index contributed by atoms with van der Waals surface area (Å²) in [7, 11) is 0. The molecule has 2 rings (SSSR count). The first kappa shape index (κ1) is 15.5. The van der Waals surface area contributed by atoms with Gasteiger partial charge in [0.15, 0.2) is 5.82 Å². The van der Waals surface area contributed by atoms with Gasteiger partial charge < -0.3 is 11.1 Å². The van der Waals surface area contributed by atoms with Crippen molar-refractivity contribution < 1.29 is 4.79 Å². The molecule has 1 unspecified atom stereocenters. The molecule has 6 nitrogen and oxygen atoms in total. The Bertz CT molecular complexity index is 572. The van der Waals surface area contributed by atoms with E-state index < -0.39 is 6.04 Å². The molecule has 0 aliphatic rings. The van der Waals surface area contributed by atoms with Gasteiger partial charge in [0.2, 0.25) is 5.91 Å².